The van der Waals surface area contributed by atoms with Gasteiger partial charge in [0.2, 0.25) is 5.88 Å². The summed E-state index contributed by atoms with van der Waals surface area (Å²) in [5.74, 6) is 1.26. The third kappa shape index (κ3) is 2.73. The van der Waals surface area contributed by atoms with Gasteiger partial charge in [0.15, 0.2) is 0 Å². The Balaban J connectivity index is 1.63. The molecule has 1 aromatic carbocycles. The van der Waals surface area contributed by atoms with E-state index in [2.05, 4.69) is 4.98 Å². The molecule has 1 unspecified atom stereocenters. The van der Waals surface area contributed by atoms with Crippen LogP contribution in [0.15, 0.2) is 30.3 Å². The number of ether oxygens (including phenoxy) is 2. The molecule has 0 N–H and O–H groups in total. The molecule has 0 bridgehead atoms. The summed E-state index contributed by atoms with van der Waals surface area (Å²) < 4.78 is 10.7. The molecular formula is C20H22N2O3. The summed E-state index contributed by atoms with van der Waals surface area (Å²) in [5, 5.41) is 0. The second kappa shape index (κ2) is 6.39. The van der Waals surface area contributed by atoms with E-state index in [4.69, 9.17) is 9.47 Å². The van der Waals surface area contributed by atoms with Crippen molar-refractivity contribution >= 4 is 5.91 Å². The highest BCUT2D eigenvalue weighted by molar-refractivity contribution is 5.97. The van der Waals surface area contributed by atoms with Crippen LogP contribution in [0.25, 0.3) is 0 Å². The van der Waals surface area contributed by atoms with Gasteiger partial charge < -0.3 is 14.4 Å². The number of fused-ring (bicyclic) bond motifs is 1. The Morgan fingerprint density at radius 1 is 1.20 bits per heavy atom. The quantitative estimate of drug-likeness (QED) is 0.859. The SMILES string of the molecule is COc1cccc(C2CCN2C(=O)c2cc3c(nc2OC)CCC3)c1. The Labute approximate surface area is 147 Å². The number of aromatic nitrogens is 1. The van der Waals surface area contributed by atoms with E-state index >= 15 is 0 Å². The summed E-state index contributed by atoms with van der Waals surface area (Å²) in [6, 6.07) is 10.00. The number of rotatable bonds is 4. The van der Waals surface area contributed by atoms with Crippen molar-refractivity contribution in [2.75, 3.05) is 20.8 Å². The first kappa shape index (κ1) is 15.9. The highest BCUT2D eigenvalue weighted by Crippen LogP contribution is 2.37. The molecule has 1 saturated heterocycles. The van der Waals surface area contributed by atoms with Crippen LogP contribution in [0.3, 0.4) is 0 Å². The highest BCUT2D eigenvalue weighted by Gasteiger charge is 2.36. The van der Waals surface area contributed by atoms with E-state index < -0.39 is 0 Å². The minimum atomic E-state index is -0.00174. The standard InChI is InChI=1S/C20H22N2O3/c1-24-15-7-3-6-14(11-15)18-9-10-22(18)20(23)16-12-13-5-4-8-17(13)21-19(16)25-2/h3,6-7,11-12,18H,4-5,8-10H2,1-2H3. The van der Waals surface area contributed by atoms with Gasteiger partial charge in [-0.15, -0.1) is 0 Å². The lowest BCUT2D eigenvalue weighted by atomic mass is 9.93. The van der Waals surface area contributed by atoms with E-state index in [0.29, 0.717) is 11.4 Å². The molecule has 25 heavy (non-hydrogen) atoms. The van der Waals surface area contributed by atoms with Crippen LogP contribution in [0.5, 0.6) is 11.6 Å². The summed E-state index contributed by atoms with van der Waals surface area (Å²) in [6.07, 6.45) is 4.01. The van der Waals surface area contributed by atoms with Crippen LogP contribution in [-0.4, -0.2) is 36.6 Å². The first-order valence-electron chi connectivity index (χ1n) is 8.73. The molecule has 0 spiro atoms. The zero-order valence-electron chi connectivity index (χ0n) is 14.6. The molecule has 5 nitrogen and oxygen atoms in total. The molecular weight excluding hydrogens is 316 g/mol. The van der Waals surface area contributed by atoms with Crippen molar-refractivity contribution in [1.29, 1.82) is 0 Å². The van der Waals surface area contributed by atoms with Crippen LogP contribution >= 0.6 is 0 Å². The van der Waals surface area contributed by atoms with Crippen LogP contribution in [0.2, 0.25) is 0 Å². The lowest BCUT2D eigenvalue weighted by molar-refractivity contribution is 0.0455. The fourth-order valence-corrected chi connectivity index (χ4v) is 3.74. The minimum Gasteiger partial charge on any atom is -0.497 e. The van der Waals surface area contributed by atoms with Gasteiger partial charge in [0.1, 0.15) is 11.3 Å². The number of hydrogen-bond acceptors (Lipinski definition) is 4. The van der Waals surface area contributed by atoms with Crippen molar-refractivity contribution in [3.8, 4) is 11.6 Å². The summed E-state index contributed by atoms with van der Waals surface area (Å²) in [5.41, 5.74) is 3.94. The third-order valence-corrected chi connectivity index (χ3v) is 5.20. The lowest BCUT2D eigenvalue weighted by Crippen LogP contribution is -2.45. The molecule has 1 aliphatic carbocycles. The molecule has 5 heteroatoms. The van der Waals surface area contributed by atoms with Crippen molar-refractivity contribution in [3.63, 3.8) is 0 Å². The van der Waals surface area contributed by atoms with E-state index in [-0.39, 0.29) is 11.9 Å². The van der Waals surface area contributed by atoms with Gasteiger partial charge in [-0.05, 0) is 55.0 Å². The number of amides is 1. The summed E-state index contributed by atoms with van der Waals surface area (Å²) in [4.78, 5) is 19.6. The highest BCUT2D eigenvalue weighted by atomic mass is 16.5. The topological polar surface area (TPSA) is 51.7 Å². The Hall–Kier alpha value is -2.56. The molecule has 2 aliphatic rings. The van der Waals surface area contributed by atoms with E-state index in [1.165, 1.54) is 5.56 Å². The number of pyridine rings is 1. The van der Waals surface area contributed by atoms with E-state index in [0.717, 1.165) is 49.2 Å². The van der Waals surface area contributed by atoms with Crippen LogP contribution in [0.4, 0.5) is 0 Å². The molecule has 130 valence electrons. The maximum atomic E-state index is 13.1. The van der Waals surface area contributed by atoms with Crippen molar-refractivity contribution < 1.29 is 14.3 Å². The van der Waals surface area contributed by atoms with Gasteiger partial charge in [-0.1, -0.05) is 12.1 Å². The van der Waals surface area contributed by atoms with Crippen molar-refractivity contribution in [3.05, 3.63) is 52.7 Å². The van der Waals surface area contributed by atoms with Gasteiger partial charge >= 0.3 is 0 Å². The molecule has 2 aromatic rings. The van der Waals surface area contributed by atoms with E-state index in [9.17, 15) is 4.79 Å². The molecule has 1 atom stereocenters. The van der Waals surface area contributed by atoms with E-state index in [1.807, 2.05) is 35.2 Å². The smallest absolute Gasteiger partial charge is 0.259 e. The number of likely N-dealkylation sites (tertiary alicyclic amines) is 1. The lowest BCUT2D eigenvalue weighted by Gasteiger charge is -2.41. The molecule has 1 fully saturated rings. The molecule has 1 aromatic heterocycles. The maximum Gasteiger partial charge on any atom is 0.259 e. The second-order valence-electron chi connectivity index (χ2n) is 6.58. The molecule has 0 radical (unpaired) electrons. The predicted octanol–water partition coefficient (Wildman–Crippen LogP) is 3.17. The summed E-state index contributed by atoms with van der Waals surface area (Å²) >= 11 is 0. The number of methoxy groups -OCH3 is 2. The Bertz CT molecular complexity index is 819. The van der Waals surface area contributed by atoms with Crippen LogP contribution in [0.1, 0.15) is 46.1 Å². The zero-order valence-corrected chi connectivity index (χ0v) is 14.6. The summed E-state index contributed by atoms with van der Waals surface area (Å²) in [7, 11) is 3.24. The van der Waals surface area contributed by atoms with Crippen LogP contribution in [-0.2, 0) is 12.8 Å². The molecule has 1 amide bonds. The number of hydrogen-bond donors (Lipinski definition) is 0. The Morgan fingerprint density at radius 3 is 2.80 bits per heavy atom. The van der Waals surface area contributed by atoms with Gasteiger partial charge in [-0.25, -0.2) is 4.98 Å². The number of carbonyl (C=O) groups excluding carboxylic acids is 1. The zero-order chi connectivity index (χ0) is 17.4. The van der Waals surface area contributed by atoms with Gasteiger partial charge in [0, 0.05) is 12.2 Å². The average molecular weight is 338 g/mol. The summed E-state index contributed by atoms with van der Waals surface area (Å²) in [6.45, 7) is 0.751. The van der Waals surface area contributed by atoms with Gasteiger partial charge in [0.05, 0.1) is 20.3 Å². The van der Waals surface area contributed by atoms with Gasteiger partial charge in [-0.2, -0.15) is 0 Å². The fourth-order valence-electron chi connectivity index (χ4n) is 3.74. The number of benzene rings is 1. The normalized spacial score (nSPS) is 18.5. The van der Waals surface area contributed by atoms with Gasteiger partial charge in [0.25, 0.3) is 5.91 Å². The fraction of sp³-hybridized carbons (Fsp3) is 0.400. The van der Waals surface area contributed by atoms with Gasteiger partial charge in [-0.3, -0.25) is 4.79 Å². The monoisotopic (exact) mass is 338 g/mol. The number of aryl methyl sites for hydroxylation is 2. The van der Waals surface area contributed by atoms with Crippen molar-refractivity contribution in [2.24, 2.45) is 0 Å². The number of nitrogens with zero attached hydrogens (tertiary/aromatic N) is 2. The second-order valence-corrected chi connectivity index (χ2v) is 6.58. The Morgan fingerprint density at radius 2 is 2.08 bits per heavy atom. The largest absolute Gasteiger partial charge is 0.497 e. The minimum absolute atomic E-state index is 0.00174. The average Bonchev–Trinajstić information content (AvgIpc) is 3.07. The molecule has 1 aliphatic heterocycles. The molecule has 4 rings (SSSR count). The third-order valence-electron chi connectivity index (χ3n) is 5.20. The Kier molecular flexibility index (Phi) is 4.07. The number of carbonyl (C=O) groups is 1. The van der Waals surface area contributed by atoms with Crippen LogP contribution < -0.4 is 9.47 Å². The maximum absolute atomic E-state index is 13.1. The van der Waals surface area contributed by atoms with Crippen LogP contribution in [0, 0.1) is 0 Å². The molecule has 2 heterocycles. The van der Waals surface area contributed by atoms with Crippen molar-refractivity contribution in [1.82, 2.24) is 9.88 Å². The van der Waals surface area contributed by atoms with E-state index in [1.54, 1.807) is 14.2 Å². The first-order valence-corrected chi connectivity index (χ1v) is 8.73. The van der Waals surface area contributed by atoms with Crippen molar-refractivity contribution in [2.45, 2.75) is 31.7 Å². The molecule has 0 saturated carbocycles. The predicted molar refractivity (Wildman–Crippen MR) is 94.2 cm³/mol. The first-order chi connectivity index (χ1) is 12.2.